The lowest BCUT2D eigenvalue weighted by atomic mass is 10.1. The second kappa shape index (κ2) is 3.05. The molecule has 2 nitrogen and oxygen atoms in total. The Morgan fingerprint density at radius 2 is 1.80 bits per heavy atom. The zero-order valence-electron chi connectivity index (χ0n) is 6.44. The molecule has 0 spiro atoms. The van der Waals surface area contributed by atoms with E-state index in [4.69, 9.17) is 9.47 Å². The minimum Gasteiger partial charge on any atom is -0.339 e. The molecule has 0 heterocycles. The molecule has 0 aromatic heterocycles. The summed E-state index contributed by atoms with van der Waals surface area (Å²) in [6.45, 7) is 5.21. The van der Waals surface area contributed by atoms with Crippen LogP contribution in [-0.2, 0) is 9.47 Å². The molecule has 0 N–H and O–H groups in total. The molecule has 0 unspecified atom stereocenters. The van der Waals surface area contributed by atoms with Gasteiger partial charge in [-0.3, -0.25) is 0 Å². The normalized spacial score (nSPS) is 19.0. The third-order valence-corrected chi connectivity index (χ3v) is 1.35. The molecule has 0 aromatic carbocycles. The maximum atomic E-state index is 5.31. The van der Waals surface area contributed by atoms with Crippen molar-refractivity contribution in [1.82, 2.24) is 0 Å². The van der Waals surface area contributed by atoms with Crippen LogP contribution < -0.4 is 0 Å². The summed E-state index contributed by atoms with van der Waals surface area (Å²) in [5.41, 5.74) is 0. The second-order valence-corrected chi connectivity index (χ2v) is 2.10. The van der Waals surface area contributed by atoms with Gasteiger partial charge in [0.1, 0.15) is 0 Å². The van der Waals surface area contributed by atoms with Gasteiger partial charge in [-0.2, -0.15) is 0 Å². The van der Waals surface area contributed by atoms with E-state index in [9.17, 15) is 0 Å². The predicted octanol–water partition coefficient (Wildman–Crippen LogP) is 1.16. The molecule has 56 valence electrons. The molecule has 2 heteroatoms. The first-order valence-corrected chi connectivity index (χ1v) is 3.61. The van der Waals surface area contributed by atoms with Gasteiger partial charge in [0.25, 0.3) is 0 Å². The zero-order valence-corrected chi connectivity index (χ0v) is 6.44. The Hall–Kier alpha value is -0.520. The van der Waals surface area contributed by atoms with Gasteiger partial charge in [-0.15, -0.1) is 0 Å². The van der Waals surface area contributed by atoms with Crippen LogP contribution in [0.3, 0.4) is 0 Å². The Labute approximate surface area is 61.5 Å². The molecule has 0 saturated heterocycles. The largest absolute Gasteiger partial charge is 0.339 e. The lowest BCUT2D eigenvalue weighted by Gasteiger charge is -2.30. The predicted molar refractivity (Wildman–Crippen MR) is 38.4 cm³/mol. The minimum absolute atomic E-state index is 0.538. The van der Waals surface area contributed by atoms with Crippen LogP contribution in [0.2, 0.25) is 0 Å². The van der Waals surface area contributed by atoms with E-state index in [0.29, 0.717) is 19.6 Å². The standard InChI is InChI=1S/C8H12O2/c1-3-9-8(10-4-2)6-5-7-8/h3-4,6H2,1-2H3. The van der Waals surface area contributed by atoms with Crippen molar-refractivity contribution in [1.29, 1.82) is 0 Å². The molecule has 0 amide bonds. The highest BCUT2D eigenvalue weighted by Gasteiger charge is 2.32. The van der Waals surface area contributed by atoms with Crippen molar-refractivity contribution in [2.75, 3.05) is 13.2 Å². The summed E-state index contributed by atoms with van der Waals surface area (Å²) in [5.74, 6) is 5.20. The van der Waals surface area contributed by atoms with Gasteiger partial charge in [0, 0.05) is 13.2 Å². The molecule has 0 aliphatic heterocycles. The molecule has 0 bridgehead atoms. The van der Waals surface area contributed by atoms with Gasteiger partial charge in [-0.25, -0.2) is 0 Å². The molecule has 1 aliphatic rings. The van der Waals surface area contributed by atoms with Crippen molar-refractivity contribution < 1.29 is 9.47 Å². The summed E-state index contributed by atoms with van der Waals surface area (Å²) in [4.78, 5) is 0. The first kappa shape index (κ1) is 7.59. The Kier molecular flexibility index (Phi) is 2.31. The Bertz CT molecular complexity index is 158. The van der Waals surface area contributed by atoms with Gasteiger partial charge < -0.3 is 9.47 Å². The Balaban J connectivity index is 2.39. The van der Waals surface area contributed by atoms with E-state index in [1.54, 1.807) is 0 Å². The van der Waals surface area contributed by atoms with Crippen LogP contribution in [-0.4, -0.2) is 19.0 Å². The molecule has 1 rings (SSSR count). The molecule has 0 radical (unpaired) electrons. The van der Waals surface area contributed by atoms with Crippen LogP contribution in [0.25, 0.3) is 0 Å². The van der Waals surface area contributed by atoms with Gasteiger partial charge in [0.05, 0.1) is 6.42 Å². The second-order valence-electron chi connectivity index (χ2n) is 2.10. The summed E-state index contributed by atoms with van der Waals surface area (Å²) >= 11 is 0. The van der Waals surface area contributed by atoms with E-state index >= 15 is 0 Å². The molecule has 0 fully saturated rings. The lowest BCUT2D eigenvalue weighted by molar-refractivity contribution is -0.195. The SMILES string of the molecule is CCOC1(OCC)C#CC1. The molecule has 1 aliphatic carbocycles. The molecule has 0 aromatic rings. The molecular formula is C8H12O2. The van der Waals surface area contributed by atoms with Crippen molar-refractivity contribution in [3.8, 4) is 11.8 Å². The van der Waals surface area contributed by atoms with E-state index in [-0.39, 0.29) is 0 Å². The van der Waals surface area contributed by atoms with E-state index in [1.165, 1.54) is 0 Å². The van der Waals surface area contributed by atoms with Crippen LogP contribution in [0.5, 0.6) is 0 Å². The van der Waals surface area contributed by atoms with Crippen LogP contribution in [0.4, 0.5) is 0 Å². The summed E-state index contributed by atoms with van der Waals surface area (Å²) < 4.78 is 10.6. The minimum atomic E-state index is -0.538. The van der Waals surface area contributed by atoms with Gasteiger partial charge in [-0.1, -0.05) is 5.92 Å². The summed E-state index contributed by atoms with van der Waals surface area (Å²) in [6.07, 6.45) is 0.717. The Morgan fingerprint density at radius 3 is 2.00 bits per heavy atom. The summed E-state index contributed by atoms with van der Waals surface area (Å²) in [6, 6.07) is 0. The summed E-state index contributed by atoms with van der Waals surface area (Å²) in [7, 11) is 0. The maximum Gasteiger partial charge on any atom is 0.244 e. The fourth-order valence-corrected chi connectivity index (χ4v) is 0.915. The van der Waals surface area contributed by atoms with Gasteiger partial charge >= 0.3 is 0 Å². The fourth-order valence-electron chi connectivity index (χ4n) is 0.915. The van der Waals surface area contributed by atoms with Crippen LogP contribution in [0, 0.1) is 11.8 Å². The van der Waals surface area contributed by atoms with Crippen molar-refractivity contribution in [3.05, 3.63) is 0 Å². The van der Waals surface area contributed by atoms with Crippen molar-refractivity contribution in [2.24, 2.45) is 0 Å². The number of hydrogen-bond donors (Lipinski definition) is 0. The van der Waals surface area contributed by atoms with Crippen LogP contribution in [0.15, 0.2) is 0 Å². The first-order valence-electron chi connectivity index (χ1n) is 3.61. The molecule has 0 atom stereocenters. The highest BCUT2D eigenvalue weighted by atomic mass is 16.7. The highest BCUT2D eigenvalue weighted by molar-refractivity contribution is 5.24. The van der Waals surface area contributed by atoms with E-state index in [2.05, 4.69) is 11.8 Å². The van der Waals surface area contributed by atoms with Crippen molar-refractivity contribution in [2.45, 2.75) is 26.1 Å². The van der Waals surface area contributed by atoms with Gasteiger partial charge in [0.15, 0.2) is 0 Å². The Morgan fingerprint density at radius 1 is 1.30 bits per heavy atom. The third-order valence-electron chi connectivity index (χ3n) is 1.35. The third kappa shape index (κ3) is 1.31. The van der Waals surface area contributed by atoms with Crippen LogP contribution >= 0.6 is 0 Å². The first-order chi connectivity index (χ1) is 4.83. The molecular weight excluding hydrogens is 128 g/mol. The topological polar surface area (TPSA) is 18.5 Å². The smallest absolute Gasteiger partial charge is 0.244 e. The fraction of sp³-hybridized carbons (Fsp3) is 0.750. The quantitative estimate of drug-likeness (QED) is 0.431. The van der Waals surface area contributed by atoms with E-state index in [0.717, 1.165) is 0 Å². The lowest BCUT2D eigenvalue weighted by Crippen LogP contribution is -2.38. The zero-order chi connectivity index (χ0) is 7.45. The van der Waals surface area contributed by atoms with Crippen LogP contribution in [0.1, 0.15) is 20.3 Å². The van der Waals surface area contributed by atoms with E-state index < -0.39 is 5.79 Å². The van der Waals surface area contributed by atoms with Crippen molar-refractivity contribution >= 4 is 0 Å². The number of rotatable bonds is 4. The monoisotopic (exact) mass is 140 g/mol. The van der Waals surface area contributed by atoms with E-state index in [1.807, 2.05) is 13.8 Å². The maximum absolute atomic E-state index is 5.31. The van der Waals surface area contributed by atoms with Gasteiger partial charge in [0.2, 0.25) is 5.79 Å². The molecule has 0 saturated carbocycles. The van der Waals surface area contributed by atoms with Gasteiger partial charge in [-0.05, 0) is 19.8 Å². The average Bonchev–Trinajstić information content (AvgIpc) is 1.84. The van der Waals surface area contributed by atoms with Crippen molar-refractivity contribution in [3.63, 3.8) is 0 Å². The highest BCUT2D eigenvalue weighted by Crippen LogP contribution is 2.22. The molecule has 10 heavy (non-hydrogen) atoms. The number of ether oxygens (including phenoxy) is 2. The summed E-state index contributed by atoms with van der Waals surface area (Å²) in [5, 5.41) is 0. The number of hydrogen-bond acceptors (Lipinski definition) is 2. The average molecular weight is 140 g/mol.